The Morgan fingerprint density at radius 1 is 1.06 bits per heavy atom. The van der Waals surface area contributed by atoms with Crippen molar-refractivity contribution in [1.82, 2.24) is 10.1 Å². The van der Waals surface area contributed by atoms with Crippen molar-refractivity contribution in [1.29, 1.82) is 0 Å². The molecule has 0 aliphatic carbocycles. The Morgan fingerprint density at radius 3 is 2.65 bits per heavy atom. The highest BCUT2D eigenvalue weighted by molar-refractivity contribution is 6.00. The molecule has 0 atom stereocenters. The fourth-order valence-corrected chi connectivity index (χ4v) is 3.09. The second-order valence-electron chi connectivity index (χ2n) is 6.36. The summed E-state index contributed by atoms with van der Waals surface area (Å²) in [5.74, 6) is 0.781. The lowest BCUT2D eigenvalue weighted by molar-refractivity contribution is -0.0512. The highest BCUT2D eigenvalue weighted by atomic mass is 19.3. The van der Waals surface area contributed by atoms with Crippen LogP contribution in [0.25, 0.3) is 22.2 Å². The van der Waals surface area contributed by atoms with E-state index in [1.807, 2.05) is 30.3 Å². The van der Waals surface area contributed by atoms with Gasteiger partial charge in [0.05, 0.1) is 12.7 Å². The van der Waals surface area contributed by atoms with Crippen molar-refractivity contribution in [2.24, 2.45) is 0 Å². The zero-order valence-electron chi connectivity index (χ0n) is 16.2. The van der Waals surface area contributed by atoms with E-state index in [1.54, 1.807) is 6.07 Å². The molecule has 0 aliphatic heterocycles. The first-order valence-corrected chi connectivity index (χ1v) is 9.14. The topological polar surface area (TPSA) is 83.7 Å². The van der Waals surface area contributed by atoms with Crippen LogP contribution in [0.3, 0.4) is 0 Å². The van der Waals surface area contributed by atoms with Crippen LogP contribution in [-0.2, 0) is 6.61 Å². The third-order valence-corrected chi connectivity index (χ3v) is 4.51. The summed E-state index contributed by atoms with van der Waals surface area (Å²) in [6, 6.07) is 15.3. The lowest BCUT2D eigenvalue weighted by atomic mass is 10.0. The second-order valence-corrected chi connectivity index (χ2v) is 6.36. The van der Waals surface area contributed by atoms with Crippen LogP contribution in [0.1, 0.15) is 16.2 Å². The minimum absolute atomic E-state index is 0.0596. The van der Waals surface area contributed by atoms with Gasteiger partial charge in [-0.2, -0.15) is 13.8 Å². The number of alkyl halides is 2. The number of aromatic nitrogens is 2. The number of ether oxygens (including phenoxy) is 3. The third kappa shape index (κ3) is 4.30. The van der Waals surface area contributed by atoms with Gasteiger partial charge in [-0.25, -0.2) is 0 Å². The molecule has 0 spiro atoms. The SMILES string of the molecule is COc1cc(-c2noc(COc3ccc4ccccc4c3C=O)n2)ccc1OC(F)F. The molecular weight excluding hydrogens is 410 g/mol. The minimum Gasteiger partial charge on any atom is -0.493 e. The van der Waals surface area contributed by atoms with Gasteiger partial charge in [0.2, 0.25) is 5.82 Å². The molecule has 0 N–H and O–H groups in total. The van der Waals surface area contributed by atoms with E-state index in [-0.39, 0.29) is 29.8 Å². The van der Waals surface area contributed by atoms with Crippen LogP contribution >= 0.6 is 0 Å². The molecule has 0 unspecified atom stereocenters. The van der Waals surface area contributed by atoms with Crippen molar-refractivity contribution in [2.75, 3.05) is 7.11 Å². The summed E-state index contributed by atoms with van der Waals surface area (Å²) < 4.78 is 45.4. The number of methoxy groups -OCH3 is 1. The smallest absolute Gasteiger partial charge is 0.387 e. The number of halogens is 2. The van der Waals surface area contributed by atoms with Gasteiger partial charge in [0.15, 0.2) is 24.4 Å². The highest BCUT2D eigenvalue weighted by Crippen LogP contribution is 2.33. The molecule has 0 aliphatic rings. The molecule has 0 saturated carbocycles. The number of hydrogen-bond acceptors (Lipinski definition) is 7. The van der Waals surface area contributed by atoms with E-state index < -0.39 is 6.61 Å². The Morgan fingerprint density at radius 2 is 1.87 bits per heavy atom. The molecule has 31 heavy (non-hydrogen) atoms. The summed E-state index contributed by atoms with van der Waals surface area (Å²) in [7, 11) is 1.33. The standard InChI is InChI=1S/C22H16F2N2O5/c1-28-19-10-14(7-9-18(19)30-22(23)24)21-25-20(31-26-21)12-29-17-8-6-13-4-2-3-5-15(13)16(17)11-27/h2-11,22H,12H2,1H3. The van der Waals surface area contributed by atoms with Gasteiger partial charge < -0.3 is 18.7 Å². The molecule has 0 saturated heterocycles. The molecule has 9 heteroatoms. The van der Waals surface area contributed by atoms with Gasteiger partial charge in [-0.3, -0.25) is 4.79 Å². The Kier molecular flexibility index (Phi) is 5.74. The predicted molar refractivity (Wildman–Crippen MR) is 107 cm³/mol. The van der Waals surface area contributed by atoms with Gasteiger partial charge in [-0.1, -0.05) is 35.5 Å². The summed E-state index contributed by atoms with van der Waals surface area (Å²) in [4.78, 5) is 15.8. The molecule has 1 heterocycles. The van der Waals surface area contributed by atoms with Crippen LogP contribution in [0.2, 0.25) is 0 Å². The lowest BCUT2D eigenvalue weighted by Crippen LogP contribution is -2.03. The van der Waals surface area contributed by atoms with Crippen molar-refractivity contribution >= 4 is 17.1 Å². The van der Waals surface area contributed by atoms with Crippen molar-refractivity contribution in [2.45, 2.75) is 13.2 Å². The van der Waals surface area contributed by atoms with E-state index in [2.05, 4.69) is 14.9 Å². The number of aldehydes is 1. The van der Waals surface area contributed by atoms with E-state index in [1.165, 1.54) is 25.3 Å². The largest absolute Gasteiger partial charge is 0.493 e. The van der Waals surface area contributed by atoms with Gasteiger partial charge in [-0.15, -0.1) is 0 Å². The number of nitrogens with zero attached hydrogens (tertiary/aromatic N) is 2. The van der Waals surface area contributed by atoms with Crippen molar-refractivity contribution < 1.29 is 32.3 Å². The summed E-state index contributed by atoms with van der Waals surface area (Å²) in [5.41, 5.74) is 0.907. The van der Waals surface area contributed by atoms with Crippen LogP contribution in [0.15, 0.2) is 59.1 Å². The lowest BCUT2D eigenvalue weighted by Gasteiger charge is -2.10. The zero-order valence-corrected chi connectivity index (χ0v) is 16.2. The molecule has 0 radical (unpaired) electrons. The average molecular weight is 426 g/mol. The molecule has 7 nitrogen and oxygen atoms in total. The maximum absolute atomic E-state index is 12.5. The van der Waals surface area contributed by atoms with E-state index in [0.29, 0.717) is 16.9 Å². The van der Waals surface area contributed by atoms with Gasteiger partial charge >= 0.3 is 6.61 Å². The van der Waals surface area contributed by atoms with Crippen LogP contribution in [0, 0.1) is 0 Å². The molecule has 0 bridgehead atoms. The third-order valence-electron chi connectivity index (χ3n) is 4.51. The molecule has 1 aromatic heterocycles. The molecule has 158 valence electrons. The fraction of sp³-hybridized carbons (Fsp3) is 0.136. The number of fused-ring (bicyclic) bond motifs is 1. The minimum atomic E-state index is -2.97. The monoisotopic (exact) mass is 426 g/mol. The van der Waals surface area contributed by atoms with Crippen LogP contribution in [-0.4, -0.2) is 30.1 Å². The van der Waals surface area contributed by atoms with E-state index >= 15 is 0 Å². The van der Waals surface area contributed by atoms with Gasteiger partial charge in [0.1, 0.15) is 5.75 Å². The van der Waals surface area contributed by atoms with Crippen molar-refractivity contribution in [3.63, 3.8) is 0 Å². The normalized spacial score (nSPS) is 11.0. The first-order chi connectivity index (χ1) is 15.1. The van der Waals surface area contributed by atoms with Crippen LogP contribution in [0.4, 0.5) is 8.78 Å². The van der Waals surface area contributed by atoms with Crippen molar-refractivity contribution in [3.8, 4) is 28.6 Å². The molecule has 3 aromatic carbocycles. The highest BCUT2D eigenvalue weighted by Gasteiger charge is 2.16. The molecule has 4 aromatic rings. The molecule has 4 rings (SSSR count). The van der Waals surface area contributed by atoms with Gasteiger partial charge in [0, 0.05) is 5.56 Å². The Bertz CT molecular complexity index is 1230. The number of carbonyl (C=O) groups excluding carboxylic acids is 1. The van der Waals surface area contributed by atoms with E-state index in [9.17, 15) is 13.6 Å². The Hall–Kier alpha value is -4.01. The number of benzene rings is 3. The zero-order chi connectivity index (χ0) is 21.8. The van der Waals surface area contributed by atoms with Gasteiger partial charge in [-0.05, 0) is 35.0 Å². The average Bonchev–Trinajstić information content (AvgIpc) is 3.26. The van der Waals surface area contributed by atoms with Crippen molar-refractivity contribution in [3.05, 3.63) is 66.1 Å². The molecular formula is C22H16F2N2O5. The first kappa shape index (κ1) is 20.3. The fourth-order valence-electron chi connectivity index (χ4n) is 3.09. The molecule has 0 amide bonds. The Balaban J connectivity index is 1.53. The summed E-state index contributed by atoms with van der Waals surface area (Å²) in [6.07, 6.45) is 0.742. The van der Waals surface area contributed by atoms with Gasteiger partial charge in [0.25, 0.3) is 5.89 Å². The second kappa shape index (κ2) is 8.78. The quantitative estimate of drug-likeness (QED) is 0.371. The summed E-state index contributed by atoms with van der Waals surface area (Å²) >= 11 is 0. The molecule has 0 fully saturated rings. The van der Waals surface area contributed by atoms with Crippen LogP contribution < -0.4 is 14.2 Å². The maximum atomic E-state index is 12.5. The summed E-state index contributed by atoms with van der Waals surface area (Å²) in [6.45, 7) is -3.03. The van der Waals surface area contributed by atoms with E-state index in [4.69, 9.17) is 14.0 Å². The van der Waals surface area contributed by atoms with E-state index in [0.717, 1.165) is 17.1 Å². The predicted octanol–water partition coefficient (Wildman–Crippen LogP) is 4.89. The summed E-state index contributed by atoms with van der Waals surface area (Å²) in [5, 5.41) is 5.58. The number of rotatable bonds is 8. The maximum Gasteiger partial charge on any atom is 0.387 e. The number of hydrogen-bond donors (Lipinski definition) is 0. The Labute approximate surface area is 175 Å². The first-order valence-electron chi connectivity index (χ1n) is 9.14. The van der Waals surface area contributed by atoms with Crippen LogP contribution in [0.5, 0.6) is 17.2 Å². The number of carbonyl (C=O) groups is 1.